The zero-order chi connectivity index (χ0) is 19.1. The van der Waals surface area contributed by atoms with Crippen LogP contribution in [0.25, 0.3) is 6.08 Å². The highest BCUT2D eigenvalue weighted by molar-refractivity contribution is 9.10. The molecule has 0 radical (unpaired) electrons. The molecule has 0 atom stereocenters. The van der Waals surface area contributed by atoms with Gasteiger partial charge in [0.1, 0.15) is 11.3 Å². The molecular formula is C18H16BrNO6. The molecule has 0 aliphatic rings. The Bertz CT molecular complexity index is 850. The van der Waals surface area contributed by atoms with E-state index in [2.05, 4.69) is 15.9 Å². The van der Waals surface area contributed by atoms with Crippen molar-refractivity contribution >= 4 is 28.0 Å². The van der Waals surface area contributed by atoms with Crippen LogP contribution in [-0.4, -0.2) is 24.6 Å². The van der Waals surface area contributed by atoms with E-state index in [0.717, 1.165) is 6.20 Å². The second-order valence-electron chi connectivity index (χ2n) is 4.95. The molecule has 8 heteroatoms. The lowest BCUT2D eigenvalue weighted by atomic mass is 10.2. The number of carbonyl (C=O) groups is 1. The van der Waals surface area contributed by atoms with Gasteiger partial charge in [-0.05, 0) is 52.7 Å². The Balaban J connectivity index is 2.34. The first kappa shape index (κ1) is 19.5. The zero-order valence-corrected chi connectivity index (χ0v) is 15.7. The van der Waals surface area contributed by atoms with Crippen molar-refractivity contribution in [2.24, 2.45) is 0 Å². The van der Waals surface area contributed by atoms with Crippen molar-refractivity contribution in [3.63, 3.8) is 0 Å². The van der Waals surface area contributed by atoms with Crippen molar-refractivity contribution in [1.29, 1.82) is 0 Å². The molecule has 2 aromatic carbocycles. The fourth-order valence-corrected chi connectivity index (χ4v) is 2.69. The average molecular weight is 422 g/mol. The summed E-state index contributed by atoms with van der Waals surface area (Å²) in [7, 11) is 1.41. The van der Waals surface area contributed by atoms with Crippen LogP contribution >= 0.6 is 15.9 Å². The van der Waals surface area contributed by atoms with Crippen molar-refractivity contribution in [3.05, 3.63) is 68.3 Å². The topological polar surface area (TPSA) is 87.9 Å². The fraction of sp³-hybridized carbons (Fsp3) is 0.167. The Morgan fingerprint density at radius 1 is 1.27 bits per heavy atom. The number of benzene rings is 2. The highest BCUT2D eigenvalue weighted by Gasteiger charge is 2.19. The van der Waals surface area contributed by atoms with E-state index in [4.69, 9.17) is 14.2 Å². The number of rotatable bonds is 7. The van der Waals surface area contributed by atoms with Gasteiger partial charge in [-0.15, -0.1) is 0 Å². The van der Waals surface area contributed by atoms with Crippen LogP contribution in [0.4, 0.5) is 0 Å². The molecule has 0 aliphatic carbocycles. The van der Waals surface area contributed by atoms with E-state index in [1.54, 1.807) is 30.3 Å². The third kappa shape index (κ3) is 4.82. The summed E-state index contributed by atoms with van der Waals surface area (Å²) in [6, 6.07) is 9.85. The van der Waals surface area contributed by atoms with Gasteiger partial charge in [-0.2, -0.15) is 0 Å². The molecule has 0 heterocycles. The molecule has 0 saturated heterocycles. The summed E-state index contributed by atoms with van der Waals surface area (Å²) < 4.78 is 16.6. The van der Waals surface area contributed by atoms with Crippen molar-refractivity contribution in [2.75, 3.05) is 13.7 Å². The van der Waals surface area contributed by atoms with E-state index in [1.165, 1.54) is 19.3 Å². The monoisotopic (exact) mass is 421 g/mol. The highest BCUT2D eigenvalue weighted by atomic mass is 79.9. The van der Waals surface area contributed by atoms with Gasteiger partial charge >= 0.3 is 5.97 Å². The molecule has 2 rings (SSSR count). The first-order valence-electron chi connectivity index (χ1n) is 7.59. The van der Waals surface area contributed by atoms with Crippen LogP contribution in [0, 0.1) is 10.1 Å². The van der Waals surface area contributed by atoms with Crippen LogP contribution in [0.1, 0.15) is 22.8 Å². The van der Waals surface area contributed by atoms with Gasteiger partial charge in [0.2, 0.25) is 6.20 Å². The van der Waals surface area contributed by atoms with Crippen LogP contribution in [0.15, 0.2) is 47.1 Å². The number of carbonyl (C=O) groups excluding carboxylic acids is 1. The van der Waals surface area contributed by atoms with Crippen molar-refractivity contribution < 1.29 is 23.9 Å². The summed E-state index contributed by atoms with van der Waals surface area (Å²) in [5, 5.41) is 10.5. The first-order chi connectivity index (χ1) is 12.5. The predicted molar refractivity (Wildman–Crippen MR) is 99.3 cm³/mol. The Labute approximate surface area is 158 Å². The number of esters is 1. The molecule has 7 nitrogen and oxygen atoms in total. The highest BCUT2D eigenvalue weighted by Crippen LogP contribution is 2.38. The molecule has 136 valence electrons. The van der Waals surface area contributed by atoms with Gasteiger partial charge < -0.3 is 14.2 Å². The van der Waals surface area contributed by atoms with Gasteiger partial charge in [0.25, 0.3) is 0 Å². The molecule has 26 heavy (non-hydrogen) atoms. The van der Waals surface area contributed by atoms with E-state index < -0.39 is 10.9 Å². The Kier molecular flexibility index (Phi) is 6.74. The molecular weight excluding hydrogens is 406 g/mol. The SMILES string of the molecule is CCOc1ccccc1C(=O)Oc1c(Br)cc(/C=C/[N+](=O)[O-])cc1OC. The van der Waals surface area contributed by atoms with Crippen LogP contribution in [-0.2, 0) is 0 Å². The molecule has 0 unspecified atom stereocenters. The quantitative estimate of drug-likeness (QED) is 0.286. The van der Waals surface area contributed by atoms with Gasteiger partial charge in [0.15, 0.2) is 11.5 Å². The Morgan fingerprint density at radius 3 is 2.65 bits per heavy atom. The summed E-state index contributed by atoms with van der Waals surface area (Å²) in [4.78, 5) is 22.4. The maximum Gasteiger partial charge on any atom is 0.347 e. The number of hydrogen-bond acceptors (Lipinski definition) is 6. The largest absolute Gasteiger partial charge is 0.493 e. The van der Waals surface area contributed by atoms with E-state index in [9.17, 15) is 14.9 Å². The summed E-state index contributed by atoms with van der Waals surface area (Å²) in [5.41, 5.74) is 0.792. The zero-order valence-electron chi connectivity index (χ0n) is 14.1. The molecule has 0 spiro atoms. The molecule has 0 fully saturated rings. The second kappa shape index (κ2) is 9.00. The van der Waals surface area contributed by atoms with Crippen LogP contribution in [0.5, 0.6) is 17.2 Å². The number of nitrogens with zero attached hydrogens (tertiary/aromatic N) is 1. The standard InChI is InChI=1S/C18H16BrNO6/c1-3-25-15-7-5-4-6-13(15)18(21)26-17-14(19)10-12(8-9-20(22)23)11-16(17)24-2/h4-11H,3H2,1-2H3/b9-8+. The van der Waals surface area contributed by atoms with Crippen LogP contribution < -0.4 is 14.2 Å². The third-order valence-electron chi connectivity index (χ3n) is 3.24. The summed E-state index contributed by atoms with van der Waals surface area (Å²) >= 11 is 3.30. The average Bonchev–Trinajstić information content (AvgIpc) is 2.62. The number of para-hydroxylation sites is 1. The number of methoxy groups -OCH3 is 1. The van der Waals surface area contributed by atoms with E-state index in [-0.39, 0.29) is 17.1 Å². The van der Waals surface area contributed by atoms with Gasteiger partial charge in [-0.25, -0.2) is 4.79 Å². The molecule has 0 bridgehead atoms. The Hall–Kier alpha value is -2.87. The van der Waals surface area contributed by atoms with Crippen molar-refractivity contribution in [2.45, 2.75) is 6.92 Å². The fourth-order valence-electron chi connectivity index (χ4n) is 2.15. The maximum atomic E-state index is 12.5. The molecule has 0 amide bonds. The van der Waals surface area contributed by atoms with Gasteiger partial charge in [-0.3, -0.25) is 10.1 Å². The predicted octanol–water partition coefficient (Wildman–Crippen LogP) is 4.32. The number of nitro groups is 1. The number of ether oxygens (including phenoxy) is 3. The van der Waals surface area contributed by atoms with E-state index in [1.807, 2.05) is 6.92 Å². The minimum absolute atomic E-state index is 0.169. The van der Waals surface area contributed by atoms with Gasteiger partial charge in [0, 0.05) is 6.08 Å². The normalized spacial score (nSPS) is 10.6. The van der Waals surface area contributed by atoms with Crippen LogP contribution in [0.3, 0.4) is 0 Å². The lowest BCUT2D eigenvalue weighted by Gasteiger charge is -2.13. The summed E-state index contributed by atoms with van der Waals surface area (Å²) in [5.74, 6) is 0.230. The molecule has 0 N–H and O–H groups in total. The summed E-state index contributed by atoms with van der Waals surface area (Å²) in [6.07, 6.45) is 2.12. The lowest BCUT2D eigenvalue weighted by molar-refractivity contribution is -0.400. The van der Waals surface area contributed by atoms with Gasteiger partial charge in [0.05, 0.1) is 23.1 Å². The van der Waals surface area contributed by atoms with Crippen molar-refractivity contribution in [3.8, 4) is 17.2 Å². The third-order valence-corrected chi connectivity index (χ3v) is 3.83. The first-order valence-corrected chi connectivity index (χ1v) is 8.38. The smallest absolute Gasteiger partial charge is 0.347 e. The lowest BCUT2D eigenvalue weighted by Crippen LogP contribution is -2.12. The number of hydrogen-bond donors (Lipinski definition) is 0. The molecule has 0 aliphatic heterocycles. The molecule has 2 aromatic rings. The Morgan fingerprint density at radius 2 is 2.00 bits per heavy atom. The van der Waals surface area contributed by atoms with E-state index in [0.29, 0.717) is 22.4 Å². The van der Waals surface area contributed by atoms with E-state index >= 15 is 0 Å². The van der Waals surface area contributed by atoms with Crippen LogP contribution in [0.2, 0.25) is 0 Å². The van der Waals surface area contributed by atoms with Gasteiger partial charge in [-0.1, -0.05) is 12.1 Å². The minimum Gasteiger partial charge on any atom is -0.493 e. The molecule has 0 aromatic heterocycles. The molecule has 0 saturated carbocycles. The van der Waals surface area contributed by atoms with Crippen molar-refractivity contribution in [1.82, 2.24) is 0 Å². The minimum atomic E-state index is -0.610. The second-order valence-corrected chi connectivity index (χ2v) is 5.81. The number of halogens is 1. The summed E-state index contributed by atoms with van der Waals surface area (Å²) in [6.45, 7) is 2.23. The maximum absolute atomic E-state index is 12.5.